The lowest BCUT2D eigenvalue weighted by Crippen LogP contribution is -2.31. The maximum absolute atomic E-state index is 12.3. The van der Waals surface area contributed by atoms with E-state index in [1.165, 1.54) is 0 Å². The summed E-state index contributed by atoms with van der Waals surface area (Å²) in [4.78, 5) is 16.6. The quantitative estimate of drug-likeness (QED) is 0.723. The molecule has 2 heterocycles. The summed E-state index contributed by atoms with van der Waals surface area (Å²) in [6.07, 6.45) is 1.66. The predicted octanol–water partition coefficient (Wildman–Crippen LogP) is 3.87. The van der Waals surface area contributed by atoms with E-state index in [0.717, 1.165) is 10.9 Å². The fourth-order valence-corrected chi connectivity index (χ4v) is 3.14. The van der Waals surface area contributed by atoms with E-state index >= 15 is 0 Å². The standard InChI is InChI=1S/C20H17ClN2O4/c1-12(13-4-6-16-18(9-13)27-11-26-16)23-19(24)10-25-17-7-5-15(21)14-3-2-8-22-20(14)17/h2-9,12H,10-11H2,1H3,(H,23,24). The van der Waals surface area contributed by atoms with Crippen molar-refractivity contribution < 1.29 is 19.0 Å². The summed E-state index contributed by atoms with van der Waals surface area (Å²) in [7, 11) is 0. The Labute approximate surface area is 161 Å². The van der Waals surface area contributed by atoms with Crippen molar-refractivity contribution in [2.24, 2.45) is 0 Å². The van der Waals surface area contributed by atoms with Crippen LogP contribution in [0.25, 0.3) is 10.9 Å². The molecule has 1 aromatic heterocycles. The molecule has 7 heteroatoms. The second-order valence-corrected chi connectivity index (χ2v) is 6.54. The fourth-order valence-electron chi connectivity index (χ4n) is 2.92. The number of amides is 1. The minimum absolute atomic E-state index is 0.123. The highest BCUT2D eigenvalue weighted by molar-refractivity contribution is 6.35. The Morgan fingerprint density at radius 1 is 1.26 bits per heavy atom. The molecule has 0 aliphatic carbocycles. The Morgan fingerprint density at radius 2 is 2.11 bits per heavy atom. The highest BCUT2D eigenvalue weighted by Crippen LogP contribution is 2.34. The van der Waals surface area contributed by atoms with Gasteiger partial charge in [-0.1, -0.05) is 17.7 Å². The summed E-state index contributed by atoms with van der Waals surface area (Å²) < 4.78 is 16.3. The molecule has 0 radical (unpaired) electrons. The van der Waals surface area contributed by atoms with Crippen molar-refractivity contribution in [1.29, 1.82) is 0 Å². The molecule has 1 aliphatic rings. The number of benzene rings is 2. The van der Waals surface area contributed by atoms with Gasteiger partial charge in [-0.15, -0.1) is 0 Å². The number of ether oxygens (including phenoxy) is 3. The molecule has 1 amide bonds. The zero-order valence-electron chi connectivity index (χ0n) is 14.6. The molecule has 6 nitrogen and oxygen atoms in total. The van der Waals surface area contributed by atoms with Crippen molar-refractivity contribution in [2.75, 3.05) is 13.4 Å². The Balaban J connectivity index is 1.41. The van der Waals surface area contributed by atoms with Gasteiger partial charge in [0, 0.05) is 11.6 Å². The molecule has 2 aromatic carbocycles. The van der Waals surface area contributed by atoms with Gasteiger partial charge in [-0.25, -0.2) is 0 Å². The number of hydrogen-bond donors (Lipinski definition) is 1. The molecule has 27 heavy (non-hydrogen) atoms. The molecule has 0 saturated heterocycles. The summed E-state index contributed by atoms with van der Waals surface area (Å²) in [6.45, 7) is 1.99. The Bertz CT molecular complexity index is 1010. The first kappa shape index (κ1) is 17.4. The van der Waals surface area contributed by atoms with Crippen molar-refractivity contribution in [3.8, 4) is 17.2 Å². The van der Waals surface area contributed by atoms with Crippen LogP contribution < -0.4 is 19.5 Å². The van der Waals surface area contributed by atoms with Gasteiger partial charge < -0.3 is 19.5 Å². The van der Waals surface area contributed by atoms with Crippen LogP contribution in [0.4, 0.5) is 0 Å². The molecule has 0 saturated carbocycles. The number of carbonyl (C=O) groups excluding carboxylic acids is 1. The third-order valence-electron chi connectivity index (χ3n) is 4.31. The van der Waals surface area contributed by atoms with Crippen molar-refractivity contribution in [2.45, 2.75) is 13.0 Å². The highest BCUT2D eigenvalue weighted by atomic mass is 35.5. The molecule has 3 aromatic rings. The van der Waals surface area contributed by atoms with Crippen molar-refractivity contribution >= 4 is 28.4 Å². The summed E-state index contributed by atoms with van der Waals surface area (Å²) in [5.74, 6) is 1.67. The van der Waals surface area contributed by atoms with Gasteiger partial charge >= 0.3 is 0 Å². The number of fused-ring (bicyclic) bond motifs is 2. The van der Waals surface area contributed by atoms with Gasteiger partial charge in [0.2, 0.25) is 6.79 Å². The number of hydrogen-bond acceptors (Lipinski definition) is 5. The number of rotatable bonds is 5. The number of halogens is 1. The molecule has 1 unspecified atom stereocenters. The smallest absolute Gasteiger partial charge is 0.258 e. The van der Waals surface area contributed by atoms with Gasteiger partial charge in [0.15, 0.2) is 18.1 Å². The van der Waals surface area contributed by atoms with Crippen molar-refractivity contribution in [3.63, 3.8) is 0 Å². The summed E-state index contributed by atoms with van der Waals surface area (Å²) >= 11 is 6.17. The second kappa shape index (κ2) is 7.32. The molecule has 1 atom stereocenters. The monoisotopic (exact) mass is 384 g/mol. The molecule has 138 valence electrons. The third-order valence-corrected chi connectivity index (χ3v) is 4.64. The highest BCUT2D eigenvalue weighted by Gasteiger charge is 2.17. The van der Waals surface area contributed by atoms with Gasteiger partial charge in [0.25, 0.3) is 5.91 Å². The van der Waals surface area contributed by atoms with Crippen LogP contribution in [-0.2, 0) is 4.79 Å². The number of aromatic nitrogens is 1. The minimum atomic E-state index is -0.237. The molecule has 0 spiro atoms. The molecule has 0 bridgehead atoms. The first-order valence-electron chi connectivity index (χ1n) is 8.47. The van der Waals surface area contributed by atoms with Gasteiger partial charge in [0.1, 0.15) is 11.3 Å². The van der Waals surface area contributed by atoms with Crippen LogP contribution in [-0.4, -0.2) is 24.3 Å². The van der Waals surface area contributed by atoms with Gasteiger partial charge in [-0.2, -0.15) is 0 Å². The lowest BCUT2D eigenvalue weighted by atomic mass is 10.1. The maximum atomic E-state index is 12.3. The van der Waals surface area contributed by atoms with Crippen LogP contribution in [0, 0.1) is 0 Å². The number of carbonyl (C=O) groups is 1. The van der Waals surface area contributed by atoms with Crippen LogP contribution in [0.3, 0.4) is 0 Å². The lowest BCUT2D eigenvalue weighted by molar-refractivity contribution is -0.123. The van der Waals surface area contributed by atoms with E-state index < -0.39 is 0 Å². The number of nitrogens with one attached hydrogen (secondary N) is 1. The maximum Gasteiger partial charge on any atom is 0.258 e. The largest absolute Gasteiger partial charge is 0.481 e. The SMILES string of the molecule is CC(NC(=O)COc1ccc(Cl)c2cccnc12)c1ccc2c(c1)OCO2. The predicted molar refractivity (Wildman–Crippen MR) is 101 cm³/mol. The Morgan fingerprint density at radius 3 is 3.00 bits per heavy atom. The van der Waals surface area contributed by atoms with Crippen molar-refractivity contribution in [1.82, 2.24) is 10.3 Å². The van der Waals surface area contributed by atoms with E-state index in [2.05, 4.69) is 10.3 Å². The zero-order valence-corrected chi connectivity index (χ0v) is 15.3. The molecule has 4 rings (SSSR count). The third kappa shape index (κ3) is 3.61. The van der Waals surface area contributed by atoms with Gasteiger partial charge in [-0.3, -0.25) is 9.78 Å². The lowest BCUT2D eigenvalue weighted by Gasteiger charge is -2.15. The molecule has 1 N–H and O–H groups in total. The van der Waals surface area contributed by atoms with Crippen LogP contribution in [0.5, 0.6) is 17.2 Å². The van der Waals surface area contributed by atoms with Gasteiger partial charge in [0.05, 0.1) is 11.1 Å². The van der Waals surface area contributed by atoms with Crippen LogP contribution in [0.2, 0.25) is 5.02 Å². The van der Waals surface area contributed by atoms with Crippen LogP contribution in [0.1, 0.15) is 18.5 Å². The van der Waals surface area contributed by atoms with E-state index in [1.54, 1.807) is 24.4 Å². The summed E-state index contributed by atoms with van der Waals surface area (Å²) in [6, 6.07) is 12.5. The first-order chi connectivity index (χ1) is 13.1. The molecule has 0 fully saturated rings. The average molecular weight is 385 g/mol. The molecular formula is C20H17ClN2O4. The Kier molecular flexibility index (Phi) is 4.73. The molecular weight excluding hydrogens is 368 g/mol. The first-order valence-corrected chi connectivity index (χ1v) is 8.84. The van der Waals surface area contributed by atoms with E-state index in [1.807, 2.05) is 31.2 Å². The van der Waals surface area contributed by atoms with Gasteiger partial charge in [-0.05, 0) is 48.9 Å². The van der Waals surface area contributed by atoms with Crippen LogP contribution in [0.15, 0.2) is 48.7 Å². The van der Waals surface area contributed by atoms with Crippen LogP contribution >= 0.6 is 11.6 Å². The topological polar surface area (TPSA) is 69.7 Å². The Hall–Kier alpha value is -2.99. The van der Waals surface area contributed by atoms with E-state index in [0.29, 0.717) is 27.8 Å². The average Bonchev–Trinajstić information content (AvgIpc) is 3.15. The minimum Gasteiger partial charge on any atom is -0.481 e. The van der Waals surface area contributed by atoms with E-state index in [-0.39, 0.29) is 25.3 Å². The second-order valence-electron chi connectivity index (χ2n) is 6.14. The van der Waals surface area contributed by atoms with E-state index in [9.17, 15) is 4.79 Å². The molecule has 1 aliphatic heterocycles. The fraction of sp³-hybridized carbons (Fsp3) is 0.200. The summed E-state index contributed by atoms with van der Waals surface area (Å²) in [5.41, 5.74) is 1.55. The number of pyridine rings is 1. The van der Waals surface area contributed by atoms with Crippen molar-refractivity contribution in [3.05, 3.63) is 59.2 Å². The summed E-state index contributed by atoms with van der Waals surface area (Å²) in [5, 5.41) is 4.28. The van der Waals surface area contributed by atoms with E-state index in [4.69, 9.17) is 25.8 Å². The normalized spacial score (nSPS) is 13.4. The number of nitrogens with zero attached hydrogens (tertiary/aromatic N) is 1. The zero-order chi connectivity index (χ0) is 18.8.